The van der Waals surface area contributed by atoms with Crippen molar-refractivity contribution in [3.63, 3.8) is 0 Å². The van der Waals surface area contributed by atoms with Crippen LogP contribution in [0.5, 0.6) is 0 Å². The molecule has 1 aliphatic heterocycles. The Labute approximate surface area is 83.9 Å². The first kappa shape index (κ1) is 8.97. The van der Waals surface area contributed by atoms with Gasteiger partial charge in [0.15, 0.2) is 0 Å². The number of benzene rings is 1. The predicted molar refractivity (Wildman–Crippen MR) is 59.9 cm³/mol. The van der Waals surface area contributed by atoms with E-state index in [0.717, 1.165) is 11.4 Å². The van der Waals surface area contributed by atoms with Gasteiger partial charge in [-0.25, -0.2) is 5.01 Å². The van der Waals surface area contributed by atoms with Crippen LogP contribution in [0.4, 0.5) is 11.4 Å². The average Bonchev–Trinajstić information content (AvgIpc) is 2.39. The van der Waals surface area contributed by atoms with Gasteiger partial charge in [0.05, 0.1) is 11.4 Å². The quantitative estimate of drug-likeness (QED) is 0.671. The fourth-order valence-corrected chi connectivity index (χ4v) is 1.44. The molecule has 1 aliphatic rings. The lowest BCUT2D eigenvalue weighted by Gasteiger charge is -2.27. The number of anilines is 1. The molecule has 14 heavy (non-hydrogen) atoms. The Balaban J connectivity index is 2.50. The molecular formula is C11H13N3. The van der Waals surface area contributed by atoms with Crippen molar-refractivity contribution in [3.8, 4) is 0 Å². The van der Waals surface area contributed by atoms with Gasteiger partial charge in [-0.1, -0.05) is 12.1 Å². The van der Waals surface area contributed by atoms with E-state index in [0.29, 0.717) is 0 Å². The number of hydrazine groups is 1. The van der Waals surface area contributed by atoms with Crippen LogP contribution in [-0.2, 0) is 0 Å². The number of hydrogen-bond acceptors (Lipinski definition) is 3. The van der Waals surface area contributed by atoms with E-state index in [1.54, 1.807) is 0 Å². The molecule has 0 N–H and O–H groups in total. The minimum absolute atomic E-state index is 0.992. The van der Waals surface area contributed by atoms with Crippen molar-refractivity contribution in [3.05, 3.63) is 36.5 Å². The monoisotopic (exact) mass is 187 g/mol. The molecule has 0 saturated heterocycles. The number of para-hydroxylation sites is 2. The van der Waals surface area contributed by atoms with E-state index >= 15 is 0 Å². The maximum atomic E-state index is 4.34. The van der Waals surface area contributed by atoms with Crippen molar-refractivity contribution >= 4 is 17.6 Å². The first-order valence-corrected chi connectivity index (χ1v) is 4.55. The normalized spacial score (nSPS) is 14.4. The Hall–Kier alpha value is -1.61. The topological polar surface area (TPSA) is 18.8 Å². The second-order valence-electron chi connectivity index (χ2n) is 3.30. The van der Waals surface area contributed by atoms with Crippen LogP contribution in [0.25, 0.3) is 0 Å². The third kappa shape index (κ3) is 1.54. The molecule has 0 saturated carbocycles. The maximum Gasteiger partial charge on any atom is 0.0881 e. The minimum atomic E-state index is 0.992. The molecule has 2 rings (SSSR count). The number of rotatable bonds is 1. The molecule has 72 valence electrons. The summed E-state index contributed by atoms with van der Waals surface area (Å²) in [6.07, 6.45) is 5.73. The molecule has 0 spiro atoms. The van der Waals surface area contributed by atoms with E-state index in [2.05, 4.69) is 16.1 Å². The summed E-state index contributed by atoms with van der Waals surface area (Å²) in [6.45, 7) is 0. The summed E-state index contributed by atoms with van der Waals surface area (Å²) >= 11 is 0. The van der Waals surface area contributed by atoms with Crippen molar-refractivity contribution in [1.29, 1.82) is 0 Å². The van der Waals surface area contributed by atoms with E-state index in [-0.39, 0.29) is 0 Å². The van der Waals surface area contributed by atoms with Crippen LogP contribution in [-0.4, -0.2) is 25.3 Å². The van der Waals surface area contributed by atoms with Crippen LogP contribution in [0.3, 0.4) is 0 Å². The molecule has 0 radical (unpaired) electrons. The summed E-state index contributed by atoms with van der Waals surface area (Å²) in [5.74, 6) is 0. The molecule has 3 nitrogen and oxygen atoms in total. The molecule has 1 aromatic rings. The van der Waals surface area contributed by atoms with E-state index in [1.165, 1.54) is 0 Å². The van der Waals surface area contributed by atoms with Crippen molar-refractivity contribution in [1.82, 2.24) is 5.01 Å². The van der Waals surface area contributed by atoms with Gasteiger partial charge in [-0.15, -0.1) is 0 Å². The molecule has 0 aromatic heterocycles. The average molecular weight is 187 g/mol. The summed E-state index contributed by atoms with van der Waals surface area (Å²) in [4.78, 5) is 4.34. The maximum absolute atomic E-state index is 4.34. The van der Waals surface area contributed by atoms with Crippen LogP contribution in [0.1, 0.15) is 0 Å². The first-order valence-electron chi connectivity index (χ1n) is 4.55. The summed E-state index contributed by atoms with van der Waals surface area (Å²) in [5.41, 5.74) is 2.09. The zero-order valence-electron chi connectivity index (χ0n) is 8.38. The molecule has 0 aliphatic carbocycles. The number of hydrogen-bond donors (Lipinski definition) is 0. The fourth-order valence-electron chi connectivity index (χ4n) is 1.44. The van der Waals surface area contributed by atoms with Gasteiger partial charge < -0.3 is 0 Å². The zero-order chi connectivity index (χ0) is 9.97. The Morgan fingerprint density at radius 3 is 2.79 bits per heavy atom. The molecule has 1 heterocycles. The van der Waals surface area contributed by atoms with E-state index < -0.39 is 0 Å². The van der Waals surface area contributed by atoms with Gasteiger partial charge >= 0.3 is 0 Å². The van der Waals surface area contributed by atoms with Crippen molar-refractivity contribution in [2.45, 2.75) is 0 Å². The van der Waals surface area contributed by atoms with E-state index in [1.807, 2.05) is 55.8 Å². The van der Waals surface area contributed by atoms with Gasteiger partial charge in [-0.2, -0.15) is 0 Å². The van der Waals surface area contributed by atoms with Gasteiger partial charge in [0.1, 0.15) is 0 Å². The van der Waals surface area contributed by atoms with Crippen LogP contribution in [0.15, 0.2) is 41.5 Å². The highest BCUT2D eigenvalue weighted by Gasteiger charge is 2.10. The molecule has 0 fully saturated rings. The molecule has 1 aromatic carbocycles. The number of allylic oxidation sites excluding steroid dienone is 1. The summed E-state index contributed by atoms with van der Waals surface area (Å²) < 4.78 is 0. The lowest BCUT2D eigenvalue weighted by molar-refractivity contribution is 0.414. The van der Waals surface area contributed by atoms with Crippen LogP contribution in [0.2, 0.25) is 0 Å². The van der Waals surface area contributed by atoms with Crippen LogP contribution < -0.4 is 5.01 Å². The summed E-state index contributed by atoms with van der Waals surface area (Å²) in [5, 5.41) is 4.08. The summed E-state index contributed by atoms with van der Waals surface area (Å²) in [7, 11) is 4.01. The van der Waals surface area contributed by atoms with Gasteiger partial charge in [-0.05, 0) is 18.2 Å². The largest absolute Gasteiger partial charge is 0.280 e. The van der Waals surface area contributed by atoms with Crippen LogP contribution >= 0.6 is 0 Å². The predicted octanol–water partition coefficient (Wildman–Crippen LogP) is 2.20. The lowest BCUT2D eigenvalue weighted by atomic mass is 10.2. The number of aliphatic imine (C=N–C) groups is 1. The highest BCUT2D eigenvalue weighted by molar-refractivity contribution is 5.82. The molecule has 0 amide bonds. The smallest absolute Gasteiger partial charge is 0.0881 e. The standard InChI is InChI=1S/C11H13N3/c1-13(2)14-9-5-8-12-10-6-3-4-7-11(10)14/h3-9H,1-2H3. The Bertz CT molecular complexity index is 380. The zero-order valence-corrected chi connectivity index (χ0v) is 8.38. The van der Waals surface area contributed by atoms with E-state index in [9.17, 15) is 0 Å². The van der Waals surface area contributed by atoms with E-state index in [4.69, 9.17) is 0 Å². The van der Waals surface area contributed by atoms with Gasteiger partial charge in [0, 0.05) is 26.5 Å². The Morgan fingerprint density at radius 1 is 1.21 bits per heavy atom. The molecule has 0 bridgehead atoms. The second kappa shape index (κ2) is 3.64. The highest BCUT2D eigenvalue weighted by Crippen LogP contribution is 2.29. The van der Waals surface area contributed by atoms with Crippen molar-refractivity contribution < 1.29 is 0 Å². The minimum Gasteiger partial charge on any atom is -0.280 e. The van der Waals surface area contributed by atoms with Crippen molar-refractivity contribution in [2.24, 2.45) is 4.99 Å². The third-order valence-corrected chi connectivity index (χ3v) is 2.09. The Kier molecular flexibility index (Phi) is 2.33. The highest BCUT2D eigenvalue weighted by atomic mass is 15.6. The van der Waals surface area contributed by atoms with Gasteiger partial charge in [0.25, 0.3) is 0 Å². The molecule has 0 unspecified atom stereocenters. The first-order chi connectivity index (χ1) is 6.79. The van der Waals surface area contributed by atoms with Gasteiger partial charge in [-0.3, -0.25) is 10.0 Å². The SMILES string of the molecule is CN(C)N1C=CC=Nc2ccccc21. The summed E-state index contributed by atoms with van der Waals surface area (Å²) in [6, 6.07) is 8.08. The van der Waals surface area contributed by atoms with Crippen LogP contribution in [0, 0.1) is 0 Å². The third-order valence-electron chi connectivity index (χ3n) is 2.09. The molecular weight excluding hydrogens is 174 g/mol. The molecule has 0 atom stereocenters. The van der Waals surface area contributed by atoms with Crippen molar-refractivity contribution in [2.75, 3.05) is 19.1 Å². The Morgan fingerprint density at radius 2 is 2.00 bits per heavy atom. The van der Waals surface area contributed by atoms with Gasteiger partial charge in [0.2, 0.25) is 0 Å². The fraction of sp³-hybridized carbons (Fsp3) is 0.182. The number of fused-ring (bicyclic) bond motifs is 1. The molecule has 3 heteroatoms. The number of nitrogens with zero attached hydrogens (tertiary/aromatic N) is 3. The lowest BCUT2D eigenvalue weighted by Crippen LogP contribution is -2.31. The second-order valence-corrected chi connectivity index (χ2v) is 3.30.